The number of alkyl halides is 8. The maximum Gasteiger partial charge on any atom is 0.417 e. The molecule has 2 aromatic carbocycles. The lowest BCUT2D eigenvalue weighted by Crippen LogP contribution is -2.50. The van der Waals surface area contributed by atoms with Crippen LogP contribution in [0.2, 0.25) is 0 Å². The van der Waals surface area contributed by atoms with Crippen LogP contribution in [0.15, 0.2) is 95.9 Å². The second-order valence-corrected chi connectivity index (χ2v) is 11.6. The van der Waals surface area contributed by atoms with Gasteiger partial charge in [0.25, 0.3) is 5.91 Å². The smallest absolute Gasteiger partial charge is 0.417 e. The number of ether oxygens (including phenoxy) is 3. The summed E-state index contributed by atoms with van der Waals surface area (Å²) >= 11 is 0. The fourth-order valence-electron chi connectivity index (χ4n) is 5.48. The second-order valence-electron chi connectivity index (χ2n) is 11.6. The number of halogens is 10. The predicted molar refractivity (Wildman–Crippen MR) is 162 cm³/mol. The third-order valence-electron chi connectivity index (χ3n) is 8.01. The minimum absolute atomic E-state index is 0.0342. The number of hydrogen-bond donors (Lipinski definition) is 1. The largest absolute Gasteiger partial charge is 0.494 e. The third-order valence-corrected chi connectivity index (χ3v) is 8.01. The Morgan fingerprint density at radius 2 is 1.63 bits per heavy atom. The molecule has 0 fully saturated rings. The summed E-state index contributed by atoms with van der Waals surface area (Å²) in [7, 11) is 1.23. The van der Waals surface area contributed by atoms with E-state index in [0.29, 0.717) is 29.9 Å². The zero-order chi connectivity index (χ0) is 37.6. The Kier molecular flexibility index (Phi) is 12.4. The molecule has 0 saturated carbocycles. The van der Waals surface area contributed by atoms with Crippen LogP contribution in [0, 0.1) is 11.7 Å². The highest BCUT2D eigenvalue weighted by molar-refractivity contribution is 5.97. The van der Waals surface area contributed by atoms with E-state index in [0.717, 1.165) is 42.5 Å². The number of carbonyl (C=O) groups is 2. The summed E-state index contributed by atoms with van der Waals surface area (Å²) in [6.45, 7) is 0.118. The summed E-state index contributed by atoms with van der Waals surface area (Å²) in [5.74, 6) is -6.00. The molecule has 2 aliphatic carbocycles. The monoisotopic (exact) mass is 735 g/mol. The van der Waals surface area contributed by atoms with Crippen molar-refractivity contribution < 1.29 is 67.7 Å². The Labute approximate surface area is 285 Å². The van der Waals surface area contributed by atoms with Gasteiger partial charge in [-0.3, -0.25) is 9.59 Å². The van der Waals surface area contributed by atoms with Crippen LogP contribution in [-0.4, -0.2) is 56.6 Å². The molecule has 3 unspecified atom stereocenters. The zero-order valence-electron chi connectivity index (χ0n) is 26.7. The van der Waals surface area contributed by atoms with Gasteiger partial charge in [-0.15, -0.1) is 0 Å². The van der Waals surface area contributed by atoms with Gasteiger partial charge in [0.2, 0.25) is 0 Å². The van der Waals surface area contributed by atoms with Crippen molar-refractivity contribution in [2.24, 2.45) is 5.92 Å². The van der Waals surface area contributed by atoms with Gasteiger partial charge >= 0.3 is 24.7 Å². The topological polar surface area (TPSA) is 73.9 Å². The first-order valence-corrected chi connectivity index (χ1v) is 15.3. The van der Waals surface area contributed by atoms with Crippen LogP contribution in [-0.2, 0) is 31.0 Å². The molecule has 1 amide bonds. The average Bonchev–Trinajstić information content (AvgIpc) is 3.06. The van der Waals surface area contributed by atoms with Crippen molar-refractivity contribution in [1.29, 1.82) is 0 Å². The summed E-state index contributed by atoms with van der Waals surface area (Å²) in [5, 5.41) is 2.52. The van der Waals surface area contributed by atoms with Crippen molar-refractivity contribution in [2.75, 3.05) is 13.7 Å². The number of allylic oxidation sites excluding steroid dienone is 2. The van der Waals surface area contributed by atoms with E-state index in [1.54, 1.807) is 0 Å². The number of rotatable bonds is 14. The van der Waals surface area contributed by atoms with Crippen molar-refractivity contribution in [3.8, 4) is 5.75 Å². The molecule has 0 radical (unpaired) electrons. The lowest BCUT2D eigenvalue weighted by Gasteiger charge is -2.39. The van der Waals surface area contributed by atoms with E-state index < -0.39 is 84.4 Å². The van der Waals surface area contributed by atoms with E-state index in [1.165, 1.54) is 31.4 Å². The molecule has 51 heavy (non-hydrogen) atoms. The van der Waals surface area contributed by atoms with Crippen LogP contribution < -0.4 is 10.1 Å². The average molecular weight is 736 g/mol. The van der Waals surface area contributed by atoms with Gasteiger partial charge in [0, 0.05) is 24.8 Å². The van der Waals surface area contributed by atoms with E-state index >= 15 is 4.39 Å². The number of amides is 1. The molecular weight excluding hydrogens is 704 g/mol. The molecule has 0 heterocycles. The molecule has 276 valence electrons. The van der Waals surface area contributed by atoms with Gasteiger partial charge < -0.3 is 19.5 Å². The summed E-state index contributed by atoms with van der Waals surface area (Å²) in [6.07, 6.45) is -16.5. The molecule has 1 N–H and O–H groups in total. The van der Waals surface area contributed by atoms with Crippen LogP contribution in [0.4, 0.5) is 43.9 Å². The van der Waals surface area contributed by atoms with Crippen LogP contribution in [0.5, 0.6) is 5.75 Å². The molecule has 2 aromatic rings. The summed E-state index contributed by atoms with van der Waals surface area (Å²) < 4.78 is 153. The van der Waals surface area contributed by atoms with E-state index in [1.807, 2.05) is 0 Å². The molecular formula is C35H31F10NO5. The maximum absolute atomic E-state index is 15.2. The van der Waals surface area contributed by atoms with E-state index in [2.05, 4.69) is 14.8 Å². The molecule has 2 aliphatic rings. The number of hydrogen-bond acceptors (Lipinski definition) is 5. The maximum atomic E-state index is 15.2. The first kappa shape index (κ1) is 39.2. The SMILES string of the molecule is COC(=O)CCCOc1ccc(C[C@](NC(=O)C2=CC(C(F)(F)F)C(F)C=C2)(C2=CC(OC(F)(F)C(F)F)CC(F)=C2)c2ccc(F)cc2)cc1. The lowest BCUT2D eigenvalue weighted by molar-refractivity contribution is -0.312. The zero-order valence-corrected chi connectivity index (χ0v) is 26.7. The predicted octanol–water partition coefficient (Wildman–Crippen LogP) is 8.15. The van der Waals surface area contributed by atoms with E-state index in [-0.39, 0.29) is 24.2 Å². The number of methoxy groups -OCH3 is 1. The fourth-order valence-corrected chi connectivity index (χ4v) is 5.48. The molecule has 0 saturated heterocycles. The van der Waals surface area contributed by atoms with Crippen molar-refractivity contribution >= 4 is 11.9 Å². The standard InChI is InChI=1S/C35H31F10NO5/c1-49-30(47)3-2-14-50-26-11-4-20(5-12-26)19-33(22-7-9-24(36)10-8-22,23-16-25(37)18-27(17-23)51-35(44,45)32(39)40)46-31(48)21-6-13-29(38)28(15-21)34(41,42)43/h4-13,15-17,27-29,32H,2-3,14,18-19H2,1H3,(H,46,48)/t27?,28?,29?,33-/m1/s1. The highest BCUT2D eigenvalue weighted by Crippen LogP contribution is 2.41. The number of esters is 1. The quantitative estimate of drug-likeness (QED) is 0.121. The van der Waals surface area contributed by atoms with Crippen LogP contribution in [0.1, 0.15) is 30.4 Å². The van der Waals surface area contributed by atoms with Gasteiger partial charge in [-0.25, -0.2) is 22.0 Å². The minimum atomic E-state index is -5.09. The minimum Gasteiger partial charge on any atom is -0.494 e. The number of nitrogens with one attached hydrogen (secondary N) is 1. The Hall–Kier alpha value is -4.60. The third kappa shape index (κ3) is 10.0. The first-order valence-electron chi connectivity index (χ1n) is 15.3. The molecule has 0 aromatic heterocycles. The first-order chi connectivity index (χ1) is 23.9. The van der Waals surface area contributed by atoms with Crippen LogP contribution in [0.25, 0.3) is 0 Å². The van der Waals surface area contributed by atoms with Crippen molar-refractivity contribution in [2.45, 2.75) is 62.2 Å². The van der Waals surface area contributed by atoms with Gasteiger partial charge in [-0.1, -0.05) is 36.4 Å². The normalized spacial score (nSPS) is 20.5. The summed E-state index contributed by atoms with van der Waals surface area (Å²) in [6, 6.07) is 10.1. The molecule has 6 nitrogen and oxygen atoms in total. The number of carbonyl (C=O) groups excluding carboxylic acids is 2. The molecule has 0 spiro atoms. The molecule has 4 rings (SSSR count). The lowest BCUT2D eigenvalue weighted by atomic mass is 9.75. The van der Waals surface area contributed by atoms with Crippen molar-refractivity contribution in [3.05, 3.63) is 113 Å². The van der Waals surface area contributed by atoms with Gasteiger partial charge in [-0.05, 0) is 65.6 Å². The highest BCUT2D eigenvalue weighted by Gasteiger charge is 2.47. The van der Waals surface area contributed by atoms with Crippen LogP contribution in [0.3, 0.4) is 0 Å². The molecule has 0 bridgehead atoms. The second kappa shape index (κ2) is 16.2. The van der Waals surface area contributed by atoms with Crippen molar-refractivity contribution in [3.63, 3.8) is 0 Å². The van der Waals surface area contributed by atoms with E-state index in [9.17, 15) is 49.1 Å². The number of benzene rings is 2. The fraction of sp³-hybridized carbons (Fsp3) is 0.371. The summed E-state index contributed by atoms with van der Waals surface area (Å²) in [4.78, 5) is 25.1. The Morgan fingerprint density at radius 1 is 0.961 bits per heavy atom. The Morgan fingerprint density at radius 3 is 2.24 bits per heavy atom. The van der Waals surface area contributed by atoms with Gasteiger partial charge in [0.1, 0.15) is 29.5 Å². The Bertz CT molecular complexity index is 1670. The van der Waals surface area contributed by atoms with Crippen LogP contribution >= 0.6 is 0 Å². The summed E-state index contributed by atoms with van der Waals surface area (Å²) in [5.41, 5.74) is -2.86. The molecule has 0 aliphatic heterocycles. The van der Waals surface area contributed by atoms with Gasteiger partial charge in [0.15, 0.2) is 0 Å². The van der Waals surface area contributed by atoms with Crippen molar-refractivity contribution in [1.82, 2.24) is 5.32 Å². The molecule has 4 atom stereocenters. The molecule has 16 heteroatoms. The Balaban J connectivity index is 1.81. The highest BCUT2D eigenvalue weighted by atomic mass is 19.4. The van der Waals surface area contributed by atoms with E-state index in [4.69, 9.17) is 4.74 Å². The van der Waals surface area contributed by atoms with Gasteiger partial charge in [-0.2, -0.15) is 22.0 Å². The van der Waals surface area contributed by atoms with Gasteiger partial charge in [0.05, 0.1) is 25.4 Å².